The van der Waals surface area contributed by atoms with Crippen molar-refractivity contribution in [2.75, 3.05) is 13.1 Å². The first-order valence-corrected chi connectivity index (χ1v) is 8.25. The average Bonchev–Trinajstić information content (AvgIpc) is 2.45. The van der Waals surface area contributed by atoms with Gasteiger partial charge in [0, 0.05) is 24.6 Å². The van der Waals surface area contributed by atoms with E-state index in [9.17, 15) is 13.2 Å². The van der Waals surface area contributed by atoms with Crippen molar-refractivity contribution in [3.05, 3.63) is 29.8 Å². The predicted octanol–water partition coefficient (Wildman–Crippen LogP) is 1.56. The third-order valence-corrected chi connectivity index (χ3v) is 4.34. The van der Waals surface area contributed by atoms with Crippen molar-refractivity contribution >= 4 is 15.8 Å². The van der Waals surface area contributed by atoms with Gasteiger partial charge in [0.15, 0.2) is 5.78 Å². The molecule has 1 aromatic carbocycles. The number of sulfonamides is 1. The molecule has 0 aromatic heterocycles. The molecule has 0 saturated heterocycles. The van der Waals surface area contributed by atoms with Gasteiger partial charge in [0.25, 0.3) is 0 Å². The van der Waals surface area contributed by atoms with Crippen LogP contribution in [0.4, 0.5) is 0 Å². The van der Waals surface area contributed by atoms with Gasteiger partial charge in [-0.1, -0.05) is 26.0 Å². The molecule has 5 nitrogen and oxygen atoms in total. The fraction of sp³-hybridized carbons (Fsp3) is 0.500. The Hall–Kier alpha value is -1.24. The van der Waals surface area contributed by atoms with Gasteiger partial charge < -0.3 is 5.32 Å². The maximum Gasteiger partial charge on any atom is 0.240 e. The molecular weight excluding hydrogens is 276 g/mol. The Morgan fingerprint density at radius 1 is 1.30 bits per heavy atom. The number of likely N-dealkylation sites (N-methyl/N-ethyl adjacent to an activating group) is 1. The average molecular weight is 298 g/mol. The van der Waals surface area contributed by atoms with Gasteiger partial charge in [0.2, 0.25) is 10.0 Å². The van der Waals surface area contributed by atoms with Gasteiger partial charge >= 0.3 is 0 Å². The topological polar surface area (TPSA) is 75.3 Å². The second-order valence-electron chi connectivity index (χ2n) is 4.62. The SMILES string of the molecule is CCN[C@H](C)CNS(=O)(=O)c1cccc(C(=O)CC)c1. The Bertz CT molecular complexity index is 555. The third kappa shape index (κ3) is 4.70. The summed E-state index contributed by atoms with van der Waals surface area (Å²) >= 11 is 0. The number of hydrogen-bond donors (Lipinski definition) is 2. The van der Waals surface area contributed by atoms with Crippen LogP contribution in [-0.4, -0.2) is 33.3 Å². The Morgan fingerprint density at radius 3 is 2.60 bits per heavy atom. The number of benzene rings is 1. The number of hydrogen-bond acceptors (Lipinski definition) is 4. The zero-order chi connectivity index (χ0) is 15.2. The minimum Gasteiger partial charge on any atom is -0.313 e. The molecule has 1 rings (SSSR count). The summed E-state index contributed by atoms with van der Waals surface area (Å²) in [7, 11) is -3.58. The van der Waals surface area contributed by atoms with Gasteiger partial charge in [0.05, 0.1) is 4.90 Å². The lowest BCUT2D eigenvalue weighted by atomic mass is 10.1. The molecule has 0 bridgehead atoms. The normalized spacial score (nSPS) is 13.2. The number of nitrogens with one attached hydrogen (secondary N) is 2. The fourth-order valence-electron chi connectivity index (χ4n) is 1.78. The van der Waals surface area contributed by atoms with E-state index in [0.29, 0.717) is 18.5 Å². The zero-order valence-electron chi connectivity index (χ0n) is 12.1. The quantitative estimate of drug-likeness (QED) is 0.714. The van der Waals surface area contributed by atoms with Crippen LogP contribution in [0.3, 0.4) is 0 Å². The maximum atomic E-state index is 12.2. The predicted molar refractivity (Wildman–Crippen MR) is 79.4 cm³/mol. The first-order valence-electron chi connectivity index (χ1n) is 6.77. The highest BCUT2D eigenvalue weighted by Gasteiger charge is 2.16. The molecule has 0 fully saturated rings. The summed E-state index contributed by atoms with van der Waals surface area (Å²) in [5.74, 6) is -0.0666. The van der Waals surface area contributed by atoms with Gasteiger partial charge in [-0.2, -0.15) is 0 Å². The molecule has 1 atom stereocenters. The van der Waals surface area contributed by atoms with Gasteiger partial charge in [0.1, 0.15) is 0 Å². The van der Waals surface area contributed by atoms with Crippen LogP contribution in [0.2, 0.25) is 0 Å². The molecule has 20 heavy (non-hydrogen) atoms. The van der Waals surface area contributed by atoms with Crippen LogP contribution in [0, 0.1) is 0 Å². The van der Waals surface area contributed by atoms with E-state index in [1.54, 1.807) is 19.1 Å². The van der Waals surface area contributed by atoms with E-state index in [0.717, 1.165) is 6.54 Å². The van der Waals surface area contributed by atoms with E-state index >= 15 is 0 Å². The van der Waals surface area contributed by atoms with Gasteiger partial charge in [-0.25, -0.2) is 13.1 Å². The lowest BCUT2D eigenvalue weighted by Gasteiger charge is -2.13. The van der Waals surface area contributed by atoms with E-state index < -0.39 is 10.0 Å². The summed E-state index contributed by atoms with van der Waals surface area (Å²) < 4.78 is 26.9. The van der Waals surface area contributed by atoms with Crippen LogP contribution in [0.25, 0.3) is 0 Å². The third-order valence-electron chi connectivity index (χ3n) is 2.92. The smallest absolute Gasteiger partial charge is 0.240 e. The zero-order valence-corrected chi connectivity index (χ0v) is 13.0. The van der Waals surface area contributed by atoms with Crippen molar-refractivity contribution in [3.63, 3.8) is 0 Å². The van der Waals surface area contributed by atoms with Crippen molar-refractivity contribution in [1.29, 1.82) is 0 Å². The Morgan fingerprint density at radius 2 is 2.00 bits per heavy atom. The van der Waals surface area contributed by atoms with Crippen LogP contribution in [0.15, 0.2) is 29.2 Å². The van der Waals surface area contributed by atoms with Crippen molar-refractivity contribution in [3.8, 4) is 0 Å². The molecule has 0 unspecified atom stereocenters. The molecule has 0 aliphatic carbocycles. The highest BCUT2D eigenvalue weighted by atomic mass is 32.2. The molecule has 0 radical (unpaired) electrons. The Balaban J connectivity index is 2.85. The second-order valence-corrected chi connectivity index (χ2v) is 6.38. The van der Waals surface area contributed by atoms with E-state index in [1.807, 2.05) is 13.8 Å². The highest BCUT2D eigenvalue weighted by molar-refractivity contribution is 7.89. The molecule has 0 aliphatic rings. The van der Waals surface area contributed by atoms with Crippen molar-refractivity contribution < 1.29 is 13.2 Å². The van der Waals surface area contributed by atoms with Crippen LogP contribution in [0.1, 0.15) is 37.6 Å². The fourth-order valence-corrected chi connectivity index (χ4v) is 2.96. The van der Waals surface area contributed by atoms with Crippen molar-refractivity contribution in [2.45, 2.75) is 38.1 Å². The summed E-state index contributed by atoms with van der Waals surface area (Å²) in [5.41, 5.74) is 0.426. The molecular formula is C14H22N2O3S. The molecule has 6 heteroatoms. The number of rotatable bonds is 8. The monoisotopic (exact) mass is 298 g/mol. The highest BCUT2D eigenvalue weighted by Crippen LogP contribution is 2.13. The summed E-state index contributed by atoms with van der Waals surface area (Å²) in [5, 5.41) is 3.13. The summed E-state index contributed by atoms with van der Waals surface area (Å²) in [6, 6.07) is 6.19. The Labute approximate surface area is 120 Å². The van der Waals surface area contributed by atoms with E-state index in [1.165, 1.54) is 12.1 Å². The van der Waals surface area contributed by atoms with Gasteiger partial charge in [-0.15, -0.1) is 0 Å². The molecule has 112 valence electrons. The number of carbonyl (C=O) groups is 1. The number of Topliss-reactive ketones (excluding diaryl/α,β-unsaturated/α-hetero) is 1. The first-order chi connectivity index (χ1) is 9.40. The van der Waals surface area contributed by atoms with E-state index in [-0.39, 0.29) is 16.7 Å². The van der Waals surface area contributed by atoms with Crippen LogP contribution in [-0.2, 0) is 10.0 Å². The molecule has 0 amide bonds. The maximum absolute atomic E-state index is 12.2. The van der Waals surface area contributed by atoms with Crippen molar-refractivity contribution in [2.24, 2.45) is 0 Å². The molecule has 0 heterocycles. The summed E-state index contributed by atoms with van der Waals surface area (Å²) in [6.07, 6.45) is 0.356. The summed E-state index contributed by atoms with van der Waals surface area (Å²) in [4.78, 5) is 11.7. The van der Waals surface area contributed by atoms with Crippen LogP contribution >= 0.6 is 0 Å². The van der Waals surface area contributed by atoms with Crippen LogP contribution in [0.5, 0.6) is 0 Å². The summed E-state index contributed by atoms with van der Waals surface area (Å²) in [6.45, 7) is 6.71. The Kier molecular flexibility index (Phi) is 6.32. The molecule has 2 N–H and O–H groups in total. The van der Waals surface area contributed by atoms with Crippen molar-refractivity contribution in [1.82, 2.24) is 10.0 Å². The van der Waals surface area contributed by atoms with E-state index in [4.69, 9.17) is 0 Å². The minimum atomic E-state index is -3.58. The van der Waals surface area contributed by atoms with Gasteiger partial charge in [-0.3, -0.25) is 4.79 Å². The number of ketones is 1. The molecule has 1 aromatic rings. The van der Waals surface area contributed by atoms with Gasteiger partial charge in [-0.05, 0) is 25.6 Å². The molecule has 0 spiro atoms. The lowest BCUT2D eigenvalue weighted by Crippen LogP contribution is -2.38. The van der Waals surface area contributed by atoms with E-state index in [2.05, 4.69) is 10.0 Å². The lowest BCUT2D eigenvalue weighted by molar-refractivity contribution is 0.0988. The molecule has 0 aliphatic heterocycles. The molecule has 0 saturated carbocycles. The van der Waals surface area contributed by atoms with Crippen LogP contribution < -0.4 is 10.0 Å². The first kappa shape index (κ1) is 16.8. The minimum absolute atomic E-state index is 0.0511. The number of carbonyl (C=O) groups excluding carboxylic acids is 1. The standard InChI is InChI=1S/C14H22N2O3S/c1-4-14(17)12-7-6-8-13(9-12)20(18,19)16-10-11(3)15-5-2/h6-9,11,15-16H,4-5,10H2,1-3H3/t11-/m1/s1. The second kappa shape index (κ2) is 7.52. The largest absolute Gasteiger partial charge is 0.313 e.